The van der Waals surface area contributed by atoms with E-state index in [0.717, 1.165) is 17.2 Å². The second-order valence-electron chi connectivity index (χ2n) is 3.79. The summed E-state index contributed by atoms with van der Waals surface area (Å²) >= 11 is 7.25. The highest BCUT2D eigenvalue weighted by atomic mass is 35.5. The van der Waals surface area contributed by atoms with Crippen molar-refractivity contribution in [2.75, 3.05) is 24.6 Å². The molecule has 1 fully saturated rings. The summed E-state index contributed by atoms with van der Waals surface area (Å²) in [6.07, 6.45) is 0. The van der Waals surface area contributed by atoms with Crippen molar-refractivity contribution in [3.05, 3.63) is 16.1 Å². The third-order valence-electron chi connectivity index (χ3n) is 2.53. The van der Waals surface area contributed by atoms with Crippen molar-refractivity contribution >= 4 is 32.8 Å². The quantitative estimate of drug-likeness (QED) is 0.779. The smallest absolute Gasteiger partial charge is 0.152 e. The molecule has 0 N–H and O–H groups in total. The molecular weight excluding hydrogens is 268 g/mol. The molecule has 90 valence electrons. The highest BCUT2D eigenvalue weighted by Crippen LogP contribution is 2.15. The summed E-state index contributed by atoms with van der Waals surface area (Å²) in [6.45, 7) is 1.95. The monoisotopic (exact) mass is 280 g/mol. The first kappa shape index (κ1) is 12.3. The van der Waals surface area contributed by atoms with Crippen molar-refractivity contribution in [2.45, 2.75) is 12.4 Å². The third-order valence-corrected chi connectivity index (χ3v) is 5.30. The van der Waals surface area contributed by atoms with E-state index in [4.69, 9.17) is 11.6 Å². The van der Waals surface area contributed by atoms with Gasteiger partial charge in [-0.05, 0) is 0 Å². The molecule has 2 rings (SSSR count). The largest absolute Gasteiger partial charge is 0.295 e. The predicted octanol–water partition coefficient (Wildman–Crippen LogP) is 1.11. The first-order valence-corrected chi connectivity index (χ1v) is 8.24. The Bertz CT molecular complexity index is 444. The van der Waals surface area contributed by atoms with E-state index in [1.807, 2.05) is 5.38 Å². The van der Waals surface area contributed by atoms with Crippen molar-refractivity contribution in [1.29, 1.82) is 0 Å². The van der Waals surface area contributed by atoms with E-state index < -0.39 is 9.84 Å². The van der Waals surface area contributed by atoms with E-state index in [9.17, 15) is 8.42 Å². The van der Waals surface area contributed by atoms with Crippen molar-refractivity contribution < 1.29 is 8.42 Å². The van der Waals surface area contributed by atoms with E-state index in [0.29, 0.717) is 19.0 Å². The van der Waals surface area contributed by atoms with Crippen LogP contribution in [0.25, 0.3) is 0 Å². The third kappa shape index (κ3) is 3.16. The molecule has 4 nitrogen and oxygen atoms in total. The SMILES string of the molecule is O=S1(=O)CCN(Cc2nc(CCl)cs2)CC1. The Hall–Kier alpha value is -0.170. The van der Waals surface area contributed by atoms with E-state index in [1.54, 1.807) is 11.3 Å². The van der Waals surface area contributed by atoms with Gasteiger partial charge in [-0.2, -0.15) is 0 Å². The molecule has 0 saturated carbocycles. The van der Waals surface area contributed by atoms with Gasteiger partial charge in [0.2, 0.25) is 0 Å². The normalized spacial score (nSPS) is 21.1. The molecule has 1 aromatic heterocycles. The Balaban J connectivity index is 1.91. The Morgan fingerprint density at radius 3 is 2.69 bits per heavy atom. The van der Waals surface area contributed by atoms with Gasteiger partial charge in [-0.1, -0.05) is 0 Å². The number of aromatic nitrogens is 1. The number of hydrogen-bond acceptors (Lipinski definition) is 5. The molecular formula is C9H13ClN2O2S2. The molecule has 0 aliphatic carbocycles. The van der Waals surface area contributed by atoms with Gasteiger partial charge in [0.15, 0.2) is 9.84 Å². The van der Waals surface area contributed by atoms with Gasteiger partial charge < -0.3 is 0 Å². The minimum Gasteiger partial charge on any atom is -0.295 e. The Morgan fingerprint density at radius 2 is 2.12 bits per heavy atom. The Kier molecular flexibility index (Phi) is 3.84. The molecule has 2 heterocycles. The Labute approximate surface area is 104 Å². The average molecular weight is 281 g/mol. The lowest BCUT2D eigenvalue weighted by atomic mass is 10.4. The van der Waals surface area contributed by atoms with E-state index >= 15 is 0 Å². The maximum absolute atomic E-state index is 11.2. The second-order valence-corrected chi connectivity index (χ2v) is 7.31. The van der Waals surface area contributed by atoms with Crippen molar-refractivity contribution in [2.24, 2.45) is 0 Å². The molecule has 0 radical (unpaired) electrons. The van der Waals surface area contributed by atoms with Crippen LogP contribution < -0.4 is 0 Å². The van der Waals surface area contributed by atoms with Crippen LogP contribution in [0.4, 0.5) is 0 Å². The number of sulfone groups is 1. The summed E-state index contributed by atoms with van der Waals surface area (Å²) < 4.78 is 22.5. The lowest BCUT2D eigenvalue weighted by Gasteiger charge is -2.25. The highest BCUT2D eigenvalue weighted by Gasteiger charge is 2.22. The number of thiazole rings is 1. The molecule has 0 spiro atoms. The lowest BCUT2D eigenvalue weighted by molar-refractivity contribution is 0.287. The maximum Gasteiger partial charge on any atom is 0.152 e. The first-order chi connectivity index (χ1) is 7.59. The zero-order chi connectivity index (χ0) is 11.6. The number of hydrogen-bond donors (Lipinski definition) is 0. The van der Waals surface area contributed by atoms with Crippen LogP contribution >= 0.6 is 22.9 Å². The van der Waals surface area contributed by atoms with E-state index in [1.165, 1.54) is 0 Å². The van der Waals surface area contributed by atoms with Crippen LogP contribution in [0.15, 0.2) is 5.38 Å². The fraction of sp³-hybridized carbons (Fsp3) is 0.667. The van der Waals surface area contributed by atoms with Crippen LogP contribution in [0.1, 0.15) is 10.7 Å². The van der Waals surface area contributed by atoms with Crippen LogP contribution in [0, 0.1) is 0 Å². The van der Waals surface area contributed by atoms with Crippen molar-refractivity contribution in [3.8, 4) is 0 Å². The fourth-order valence-corrected chi connectivity index (χ4v) is 3.92. The molecule has 0 amide bonds. The lowest BCUT2D eigenvalue weighted by Crippen LogP contribution is -2.39. The van der Waals surface area contributed by atoms with Crippen LogP contribution in [-0.2, 0) is 22.3 Å². The summed E-state index contributed by atoms with van der Waals surface area (Å²) in [5.41, 5.74) is 0.895. The fourth-order valence-electron chi connectivity index (χ4n) is 1.58. The summed E-state index contributed by atoms with van der Waals surface area (Å²) in [5, 5.41) is 2.96. The van der Waals surface area contributed by atoms with Gasteiger partial charge in [-0.15, -0.1) is 22.9 Å². The zero-order valence-electron chi connectivity index (χ0n) is 8.73. The van der Waals surface area contributed by atoms with Crippen LogP contribution in [0.3, 0.4) is 0 Å². The predicted molar refractivity (Wildman–Crippen MR) is 65.6 cm³/mol. The molecule has 0 atom stereocenters. The number of nitrogens with zero attached hydrogens (tertiary/aromatic N) is 2. The maximum atomic E-state index is 11.2. The molecule has 1 aliphatic rings. The van der Waals surface area contributed by atoms with E-state index in [-0.39, 0.29) is 11.5 Å². The molecule has 0 bridgehead atoms. The molecule has 1 aromatic rings. The van der Waals surface area contributed by atoms with Crippen molar-refractivity contribution in [1.82, 2.24) is 9.88 Å². The van der Waals surface area contributed by atoms with Crippen LogP contribution in [-0.4, -0.2) is 42.9 Å². The van der Waals surface area contributed by atoms with Gasteiger partial charge in [-0.25, -0.2) is 13.4 Å². The number of alkyl halides is 1. The number of rotatable bonds is 3. The molecule has 0 unspecified atom stereocenters. The van der Waals surface area contributed by atoms with Crippen LogP contribution in [0.5, 0.6) is 0 Å². The second kappa shape index (κ2) is 5.00. The van der Waals surface area contributed by atoms with Gasteiger partial charge in [0, 0.05) is 18.5 Å². The molecule has 1 aliphatic heterocycles. The minimum atomic E-state index is -2.79. The Morgan fingerprint density at radius 1 is 1.44 bits per heavy atom. The van der Waals surface area contributed by atoms with Gasteiger partial charge in [0.1, 0.15) is 5.01 Å². The molecule has 16 heavy (non-hydrogen) atoms. The summed E-state index contributed by atoms with van der Waals surface area (Å²) in [6, 6.07) is 0. The molecule has 1 saturated heterocycles. The minimum absolute atomic E-state index is 0.265. The summed E-state index contributed by atoms with van der Waals surface area (Å²) in [5.74, 6) is 0.965. The average Bonchev–Trinajstić information content (AvgIpc) is 2.69. The summed E-state index contributed by atoms with van der Waals surface area (Å²) in [4.78, 5) is 6.48. The standard InChI is InChI=1S/C9H13ClN2O2S2/c10-5-8-7-15-9(11-8)6-12-1-3-16(13,14)4-2-12/h7H,1-6H2. The topological polar surface area (TPSA) is 50.3 Å². The number of halogens is 1. The molecule has 7 heteroatoms. The highest BCUT2D eigenvalue weighted by molar-refractivity contribution is 7.91. The van der Waals surface area contributed by atoms with E-state index in [2.05, 4.69) is 9.88 Å². The first-order valence-electron chi connectivity index (χ1n) is 5.01. The van der Waals surface area contributed by atoms with Gasteiger partial charge in [0.05, 0.1) is 29.6 Å². The van der Waals surface area contributed by atoms with Crippen molar-refractivity contribution in [3.63, 3.8) is 0 Å². The van der Waals surface area contributed by atoms with Gasteiger partial charge in [-0.3, -0.25) is 4.90 Å². The summed E-state index contributed by atoms with van der Waals surface area (Å²) in [7, 11) is -2.79. The molecule has 0 aromatic carbocycles. The van der Waals surface area contributed by atoms with Gasteiger partial charge >= 0.3 is 0 Å². The zero-order valence-corrected chi connectivity index (χ0v) is 11.1. The van der Waals surface area contributed by atoms with Crippen LogP contribution in [0.2, 0.25) is 0 Å². The van der Waals surface area contributed by atoms with Gasteiger partial charge in [0.25, 0.3) is 0 Å².